The van der Waals surface area contributed by atoms with Crippen LogP contribution in [0.2, 0.25) is 0 Å². The molecule has 0 aromatic carbocycles. The fourth-order valence-electron chi connectivity index (χ4n) is 1.26. The molecular weight excluding hydrogens is 224 g/mol. The van der Waals surface area contributed by atoms with Crippen LogP contribution in [0, 0.1) is 0 Å². The summed E-state index contributed by atoms with van der Waals surface area (Å²) in [6.07, 6.45) is 3.81. The largest absolute Gasteiger partial charge is 0.478 e. The first-order valence-corrected chi connectivity index (χ1v) is 5.16. The van der Waals surface area contributed by atoms with E-state index < -0.39 is 12.1 Å². The van der Waals surface area contributed by atoms with Crippen LogP contribution in [0.3, 0.4) is 0 Å². The Balaban J connectivity index is 2.86. The highest BCUT2D eigenvalue weighted by Gasteiger charge is 2.14. The van der Waals surface area contributed by atoms with Gasteiger partial charge < -0.3 is 15.3 Å². The Bertz CT molecular complexity index is 392. The molecule has 0 radical (unpaired) electrons. The van der Waals surface area contributed by atoms with Gasteiger partial charge in [0, 0.05) is 19.0 Å². The van der Waals surface area contributed by atoms with Crippen molar-refractivity contribution in [3.05, 3.63) is 30.4 Å². The minimum atomic E-state index is -1.20. The third kappa shape index (κ3) is 4.29. The van der Waals surface area contributed by atoms with Crippen molar-refractivity contribution in [1.82, 2.24) is 9.97 Å². The number of aliphatic hydroxyl groups is 2. The summed E-state index contributed by atoms with van der Waals surface area (Å²) in [5.41, 5.74) is -0.143. The van der Waals surface area contributed by atoms with Gasteiger partial charge in [-0.1, -0.05) is 0 Å². The van der Waals surface area contributed by atoms with Crippen LogP contribution in [0.1, 0.15) is 18.7 Å². The van der Waals surface area contributed by atoms with Crippen LogP contribution in [-0.2, 0) is 4.79 Å². The van der Waals surface area contributed by atoms with E-state index in [2.05, 4.69) is 9.97 Å². The summed E-state index contributed by atoms with van der Waals surface area (Å²) in [5.74, 6) is -1.14. The van der Waals surface area contributed by atoms with Crippen molar-refractivity contribution in [2.24, 2.45) is 0 Å². The normalized spacial score (nSPS) is 13.4. The molecule has 1 unspecified atom stereocenters. The Morgan fingerprint density at radius 1 is 1.41 bits per heavy atom. The summed E-state index contributed by atoms with van der Waals surface area (Å²) < 4.78 is 0. The highest BCUT2D eigenvalue weighted by atomic mass is 16.4. The van der Waals surface area contributed by atoms with E-state index in [1.54, 1.807) is 6.07 Å². The molecule has 3 N–H and O–H groups in total. The molecule has 0 spiro atoms. The molecule has 1 rings (SSSR count). The average Bonchev–Trinajstić information content (AvgIpc) is 2.34. The summed E-state index contributed by atoms with van der Waals surface area (Å²) in [5, 5.41) is 27.1. The van der Waals surface area contributed by atoms with Crippen molar-refractivity contribution >= 4 is 11.5 Å². The highest BCUT2D eigenvalue weighted by Crippen LogP contribution is 2.11. The highest BCUT2D eigenvalue weighted by molar-refractivity contribution is 6.14. The molecule has 0 aliphatic rings. The number of hydrogen-bond acceptors (Lipinski definition) is 5. The number of carboxylic acids is 1. The minimum Gasteiger partial charge on any atom is -0.478 e. The van der Waals surface area contributed by atoms with E-state index in [1.807, 2.05) is 0 Å². The molecule has 0 bridgehead atoms. The molecule has 1 aromatic rings. The number of aliphatic hydroxyl groups excluding tert-OH is 2. The van der Waals surface area contributed by atoms with Crippen LogP contribution in [0.25, 0.3) is 5.57 Å². The van der Waals surface area contributed by atoms with Crippen molar-refractivity contribution in [2.45, 2.75) is 18.9 Å². The number of carboxylic acid groups (broad SMARTS) is 1. The number of aliphatic carboxylic acids is 1. The van der Waals surface area contributed by atoms with Gasteiger partial charge in [-0.15, -0.1) is 0 Å². The van der Waals surface area contributed by atoms with Crippen molar-refractivity contribution in [3.8, 4) is 0 Å². The lowest BCUT2D eigenvalue weighted by molar-refractivity contribution is -0.130. The zero-order valence-corrected chi connectivity index (χ0v) is 9.15. The standard InChI is InChI=1S/C11H14N2O4/c14-6-1-3-8(15)7-9(11(16)17)10-12-4-2-5-13-10/h2,4-5,7-8,14-15H,1,3,6H2,(H,16,17). The van der Waals surface area contributed by atoms with Gasteiger partial charge in [0.1, 0.15) is 5.57 Å². The molecule has 0 amide bonds. The molecular formula is C11H14N2O4. The topological polar surface area (TPSA) is 104 Å². The van der Waals surface area contributed by atoms with Crippen LogP contribution in [0.5, 0.6) is 0 Å². The molecule has 0 aliphatic carbocycles. The summed E-state index contributed by atoms with van der Waals surface area (Å²) in [6, 6.07) is 1.57. The average molecular weight is 238 g/mol. The quantitative estimate of drug-likeness (QED) is 0.606. The molecule has 92 valence electrons. The van der Waals surface area contributed by atoms with Crippen LogP contribution < -0.4 is 0 Å². The van der Waals surface area contributed by atoms with E-state index >= 15 is 0 Å². The number of aromatic nitrogens is 2. The van der Waals surface area contributed by atoms with E-state index in [0.717, 1.165) is 0 Å². The second kappa shape index (κ2) is 6.72. The maximum absolute atomic E-state index is 11.0. The molecule has 1 heterocycles. The van der Waals surface area contributed by atoms with Crippen molar-refractivity contribution in [1.29, 1.82) is 0 Å². The van der Waals surface area contributed by atoms with Crippen LogP contribution in [-0.4, -0.2) is 44.0 Å². The fraction of sp³-hybridized carbons (Fsp3) is 0.364. The zero-order chi connectivity index (χ0) is 12.7. The summed E-state index contributed by atoms with van der Waals surface area (Å²) in [6.45, 7) is -0.0465. The first-order valence-electron chi connectivity index (χ1n) is 5.16. The van der Waals surface area contributed by atoms with Gasteiger partial charge in [-0.2, -0.15) is 0 Å². The predicted octanol–water partition coefficient (Wildman–Crippen LogP) is 0.0780. The minimum absolute atomic E-state index is 0.0465. The number of hydrogen-bond donors (Lipinski definition) is 3. The van der Waals surface area contributed by atoms with Gasteiger partial charge in [-0.05, 0) is 25.0 Å². The predicted molar refractivity (Wildman–Crippen MR) is 60.0 cm³/mol. The summed E-state index contributed by atoms with van der Waals surface area (Å²) >= 11 is 0. The van der Waals surface area contributed by atoms with Crippen molar-refractivity contribution in [3.63, 3.8) is 0 Å². The van der Waals surface area contributed by atoms with Gasteiger partial charge in [-0.3, -0.25) is 0 Å². The molecule has 0 aliphatic heterocycles. The second-order valence-electron chi connectivity index (χ2n) is 3.39. The molecule has 1 aromatic heterocycles. The lowest BCUT2D eigenvalue weighted by Crippen LogP contribution is -2.10. The summed E-state index contributed by atoms with van der Waals surface area (Å²) in [7, 11) is 0. The number of nitrogens with zero attached hydrogens (tertiary/aromatic N) is 2. The molecule has 0 saturated heterocycles. The molecule has 1 atom stereocenters. The van der Waals surface area contributed by atoms with Gasteiger partial charge in [-0.25, -0.2) is 14.8 Å². The van der Waals surface area contributed by atoms with E-state index in [-0.39, 0.29) is 18.0 Å². The van der Waals surface area contributed by atoms with Crippen molar-refractivity contribution < 1.29 is 20.1 Å². The van der Waals surface area contributed by atoms with Crippen molar-refractivity contribution in [2.75, 3.05) is 6.61 Å². The van der Waals surface area contributed by atoms with E-state index in [1.165, 1.54) is 18.5 Å². The van der Waals surface area contributed by atoms with Gasteiger partial charge in [0.25, 0.3) is 0 Å². The molecule has 17 heavy (non-hydrogen) atoms. The monoisotopic (exact) mass is 238 g/mol. The Morgan fingerprint density at radius 2 is 2.06 bits per heavy atom. The third-order valence-corrected chi connectivity index (χ3v) is 2.05. The van der Waals surface area contributed by atoms with Crippen LogP contribution in [0.4, 0.5) is 0 Å². The number of carbonyl (C=O) groups is 1. The van der Waals surface area contributed by atoms with Gasteiger partial charge in [0.15, 0.2) is 5.82 Å². The zero-order valence-electron chi connectivity index (χ0n) is 9.15. The Hall–Kier alpha value is -1.79. The molecule has 6 nitrogen and oxygen atoms in total. The van der Waals surface area contributed by atoms with E-state index in [9.17, 15) is 9.90 Å². The Morgan fingerprint density at radius 3 is 2.59 bits per heavy atom. The van der Waals surface area contributed by atoms with Gasteiger partial charge >= 0.3 is 5.97 Å². The molecule has 0 saturated carbocycles. The van der Waals surface area contributed by atoms with Crippen LogP contribution in [0.15, 0.2) is 24.5 Å². The lowest BCUT2D eigenvalue weighted by atomic mass is 10.1. The van der Waals surface area contributed by atoms with Gasteiger partial charge in [0.2, 0.25) is 0 Å². The molecule has 6 heteroatoms. The first-order chi connectivity index (χ1) is 8.15. The van der Waals surface area contributed by atoms with Crippen LogP contribution >= 0.6 is 0 Å². The fourth-order valence-corrected chi connectivity index (χ4v) is 1.26. The smallest absolute Gasteiger partial charge is 0.339 e. The van der Waals surface area contributed by atoms with Gasteiger partial charge in [0.05, 0.1) is 6.10 Å². The first kappa shape index (κ1) is 13.3. The maximum atomic E-state index is 11.0. The van der Waals surface area contributed by atoms with E-state index in [0.29, 0.717) is 12.8 Å². The third-order valence-electron chi connectivity index (χ3n) is 2.05. The molecule has 0 fully saturated rings. The second-order valence-corrected chi connectivity index (χ2v) is 3.39. The summed E-state index contributed by atoms with van der Waals surface area (Å²) in [4.78, 5) is 18.6. The SMILES string of the molecule is O=C(O)C(=CC(O)CCCO)c1ncccn1. The van der Waals surface area contributed by atoms with E-state index in [4.69, 9.17) is 10.2 Å². The Labute approximate surface area is 98.3 Å². The Kier molecular flexibility index (Phi) is 5.25. The lowest BCUT2D eigenvalue weighted by Gasteiger charge is -2.06. The number of rotatable bonds is 6. The maximum Gasteiger partial charge on any atom is 0.339 e.